The molecule has 180 valence electrons. The number of urea groups is 1. The van der Waals surface area contributed by atoms with Gasteiger partial charge in [0.2, 0.25) is 5.95 Å². The van der Waals surface area contributed by atoms with Gasteiger partial charge in [-0.25, -0.2) is 14.6 Å². The summed E-state index contributed by atoms with van der Waals surface area (Å²) in [6.07, 6.45) is -7.65. The first-order chi connectivity index (χ1) is 15.1. The number of aromatic nitrogens is 2. The summed E-state index contributed by atoms with van der Waals surface area (Å²) in [5.74, 6) is -2.22. The lowest BCUT2D eigenvalue weighted by Crippen LogP contribution is -2.53. The molecule has 0 aromatic carbocycles. The van der Waals surface area contributed by atoms with Crippen LogP contribution < -0.4 is 21.5 Å². The predicted molar refractivity (Wildman–Crippen MR) is 110 cm³/mol. The summed E-state index contributed by atoms with van der Waals surface area (Å²) in [6, 6.07) is 0.687. The Morgan fingerprint density at radius 2 is 1.66 bits per heavy atom. The maximum Gasteiger partial charge on any atom is 0.337 e. The maximum absolute atomic E-state index is 11.9. The van der Waals surface area contributed by atoms with Crippen LogP contribution in [0.3, 0.4) is 0 Å². The van der Waals surface area contributed by atoms with Gasteiger partial charge in [0, 0.05) is 24.8 Å². The van der Waals surface area contributed by atoms with Crippen molar-refractivity contribution >= 4 is 23.9 Å². The SMILES string of the molecule is CCOC(=O)[C@@H](O)[C@H](O)[C@H](O)[C@@H](O)C(=O)NCCCCNC(=O)Nc1nc(C)cc(=O)[nH]1. The molecule has 0 radical (unpaired) electrons. The highest BCUT2D eigenvalue weighted by molar-refractivity contribution is 5.87. The number of ether oxygens (including phenoxy) is 1. The molecule has 4 atom stereocenters. The molecule has 0 spiro atoms. The lowest BCUT2D eigenvalue weighted by molar-refractivity contribution is -0.171. The summed E-state index contributed by atoms with van der Waals surface area (Å²) in [5.41, 5.74) is 0.0359. The second-order valence-corrected chi connectivity index (χ2v) is 6.74. The average molecular weight is 459 g/mol. The van der Waals surface area contributed by atoms with Crippen LogP contribution in [0, 0.1) is 6.92 Å². The topological polar surface area (TPSA) is 223 Å². The van der Waals surface area contributed by atoms with Crippen LogP contribution in [0.25, 0.3) is 0 Å². The van der Waals surface area contributed by atoms with E-state index in [1.807, 2.05) is 0 Å². The van der Waals surface area contributed by atoms with Crippen LogP contribution in [-0.4, -0.2) is 92.4 Å². The van der Waals surface area contributed by atoms with E-state index in [4.69, 9.17) is 0 Å². The van der Waals surface area contributed by atoms with Crippen molar-refractivity contribution in [3.63, 3.8) is 0 Å². The van der Waals surface area contributed by atoms with Gasteiger partial charge in [0.15, 0.2) is 12.2 Å². The zero-order chi connectivity index (χ0) is 24.3. The fourth-order valence-electron chi connectivity index (χ4n) is 2.45. The van der Waals surface area contributed by atoms with Gasteiger partial charge in [-0.1, -0.05) is 0 Å². The van der Waals surface area contributed by atoms with Crippen LogP contribution in [0.4, 0.5) is 10.7 Å². The zero-order valence-corrected chi connectivity index (χ0v) is 17.7. The molecule has 1 rings (SSSR count). The van der Waals surface area contributed by atoms with E-state index < -0.39 is 47.9 Å². The third-order valence-electron chi connectivity index (χ3n) is 4.08. The Morgan fingerprint density at radius 1 is 1.06 bits per heavy atom. The van der Waals surface area contributed by atoms with Gasteiger partial charge in [0.05, 0.1) is 6.61 Å². The van der Waals surface area contributed by atoms with Crippen LogP contribution in [0.15, 0.2) is 10.9 Å². The number of carbonyl (C=O) groups is 3. The van der Waals surface area contributed by atoms with Gasteiger partial charge in [-0.15, -0.1) is 0 Å². The summed E-state index contributed by atoms with van der Waals surface area (Å²) >= 11 is 0. The molecule has 32 heavy (non-hydrogen) atoms. The number of aryl methyl sites for hydroxylation is 1. The van der Waals surface area contributed by atoms with Crippen molar-refractivity contribution in [1.29, 1.82) is 0 Å². The van der Waals surface area contributed by atoms with Crippen LogP contribution in [0.1, 0.15) is 25.5 Å². The molecular weight excluding hydrogens is 430 g/mol. The number of carbonyl (C=O) groups excluding carboxylic acids is 3. The number of rotatable bonds is 12. The number of nitrogens with zero attached hydrogens (tertiary/aromatic N) is 1. The van der Waals surface area contributed by atoms with Crippen molar-refractivity contribution in [3.05, 3.63) is 22.1 Å². The Hall–Kier alpha value is -3.07. The molecule has 1 aromatic rings. The van der Waals surface area contributed by atoms with E-state index in [0.29, 0.717) is 18.5 Å². The number of aliphatic hydroxyl groups is 4. The minimum absolute atomic E-state index is 0.00238. The van der Waals surface area contributed by atoms with Crippen LogP contribution in [-0.2, 0) is 14.3 Å². The summed E-state index contributed by atoms with van der Waals surface area (Å²) in [4.78, 5) is 52.6. The van der Waals surface area contributed by atoms with Crippen LogP contribution in [0.5, 0.6) is 0 Å². The minimum Gasteiger partial charge on any atom is -0.464 e. The Balaban J connectivity index is 2.28. The highest BCUT2D eigenvalue weighted by Gasteiger charge is 2.37. The Kier molecular flexibility index (Phi) is 11.3. The highest BCUT2D eigenvalue weighted by Crippen LogP contribution is 2.07. The fraction of sp³-hybridized carbons (Fsp3) is 0.611. The smallest absolute Gasteiger partial charge is 0.337 e. The molecule has 14 nitrogen and oxygen atoms in total. The molecular formula is C18H29N5O9. The minimum atomic E-state index is -2.13. The summed E-state index contributed by atoms with van der Waals surface area (Å²) in [7, 11) is 0. The van der Waals surface area contributed by atoms with E-state index in [2.05, 4.69) is 30.7 Å². The first kappa shape index (κ1) is 27.0. The van der Waals surface area contributed by atoms with Crippen molar-refractivity contribution in [1.82, 2.24) is 20.6 Å². The average Bonchev–Trinajstić information content (AvgIpc) is 2.73. The number of esters is 1. The van der Waals surface area contributed by atoms with E-state index in [-0.39, 0.29) is 25.6 Å². The molecule has 0 fully saturated rings. The second kappa shape index (κ2) is 13.4. The van der Waals surface area contributed by atoms with Crippen molar-refractivity contribution in [2.75, 3.05) is 25.0 Å². The largest absolute Gasteiger partial charge is 0.464 e. The number of hydrogen-bond acceptors (Lipinski definition) is 10. The van der Waals surface area contributed by atoms with Crippen molar-refractivity contribution in [2.24, 2.45) is 0 Å². The van der Waals surface area contributed by atoms with Crippen LogP contribution in [0.2, 0.25) is 0 Å². The molecule has 0 aliphatic rings. The molecule has 1 heterocycles. The molecule has 14 heteroatoms. The van der Waals surface area contributed by atoms with E-state index in [9.17, 15) is 39.6 Å². The molecule has 0 unspecified atom stereocenters. The van der Waals surface area contributed by atoms with Gasteiger partial charge < -0.3 is 35.8 Å². The van der Waals surface area contributed by atoms with Gasteiger partial charge in [0.25, 0.3) is 11.5 Å². The Bertz CT molecular complexity index is 831. The summed E-state index contributed by atoms with van der Waals surface area (Å²) in [5, 5.41) is 46.1. The highest BCUT2D eigenvalue weighted by atomic mass is 16.5. The molecule has 1 aromatic heterocycles. The quantitative estimate of drug-likeness (QED) is 0.118. The number of anilines is 1. The molecule has 0 saturated heterocycles. The Morgan fingerprint density at radius 3 is 2.25 bits per heavy atom. The van der Waals surface area contributed by atoms with Crippen LogP contribution >= 0.6 is 0 Å². The third-order valence-corrected chi connectivity index (χ3v) is 4.08. The van der Waals surface area contributed by atoms with Crippen molar-refractivity contribution < 1.29 is 39.5 Å². The molecule has 0 saturated carbocycles. The number of amides is 3. The van der Waals surface area contributed by atoms with Gasteiger partial charge in [0.1, 0.15) is 12.2 Å². The molecule has 3 amide bonds. The van der Waals surface area contributed by atoms with Crippen molar-refractivity contribution in [3.8, 4) is 0 Å². The predicted octanol–water partition coefficient (Wildman–Crippen LogP) is -2.90. The van der Waals surface area contributed by atoms with E-state index >= 15 is 0 Å². The lowest BCUT2D eigenvalue weighted by atomic mass is 10.0. The number of H-pyrrole nitrogens is 1. The Labute approximate surface area is 183 Å². The lowest BCUT2D eigenvalue weighted by Gasteiger charge is -2.24. The number of aromatic amines is 1. The first-order valence-corrected chi connectivity index (χ1v) is 9.86. The molecule has 0 aliphatic carbocycles. The van der Waals surface area contributed by atoms with E-state index in [1.165, 1.54) is 13.0 Å². The molecule has 0 bridgehead atoms. The second-order valence-electron chi connectivity index (χ2n) is 6.74. The number of unbranched alkanes of at least 4 members (excludes halogenated alkanes) is 1. The monoisotopic (exact) mass is 459 g/mol. The summed E-state index contributed by atoms with van der Waals surface area (Å²) in [6.45, 7) is 3.32. The standard InChI is InChI=1S/C18H29N5O9/c1-3-32-16(30)14(28)12(26)11(25)13(27)15(29)19-6-4-5-7-20-18(31)23-17-21-9(2)8-10(24)22-17/h8,11-14,25-28H,3-7H2,1-2H3,(H,19,29)(H3,20,21,22,23,24,31)/t11-,12+,13+,14-/m0/s1. The number of nitrogens with one attached hydrogen (secondary N) is 4. The van der Waals surface area contributed by atoms with Gasteiger partial charge in [-0.2, -0.15) is 0 Å². The van der Waals surface area contributed by atoms with Gasteiger partial charge in [-0.3, -0.25) is 19.9 Å². The molecule has 0 aliphatic heterocycles. The third kappa shape index (κ3) is 8.97. The zero-order valence-electron chi connectivity index (χ0n) is 17.7. The summed E-state index contributed by atoms with van der Waals surface area (Å²) < 4.78 is 4.48. The van der Waals surface area contributed by atoms with E-state index in [1.54, 1.807) is 6.92 Å². The van der Waals surface area contributed by atoms with Gasteiger partial charge >= 0.3 is 12.0 Å². The maximum atomic E-state index is 11.9. The number of hydrogen-bond donors (Lipinski definition) is 8. The van der Waals surface area contributed by atoms with E-state index in [0.717, 1.165) is 0 Å². The fourth-order valence-corrected chi connectivity index (χ4v) is 2.45. The normalized spacial score (nSPS) is 14.6. The first-order valence-electron chi connectivity index (χ1n) is 9.86. The van der Waals surface area contributed by atoms with Crippen molar-refractivity contribution in [2.45, 2.75) is 51.1 Å². The molecule has 8 N–H and O–H groups in total. The van der Waals surface area contributed by atoms with Gasteiger partial charge in [-0.05, 0) is 26.7 Å². The number of aliphatic hydroxyl groups excluding tert-OH is 4.